The second kappa shape index (κ2) is 7.44. The third kappa shape index (κ3) is 4.31. The molecule has 4 nitrogen and oxygen atoms in total. The number of benzene rings is 2. The normalized spacial score (nSPS) is 11.4. The van der Waals surface area contributed by atoms with E-state index in [-0.39, 0.29) is 12.5 Å². The van der Waals surface area contributed by atoms with Crippen molar-refractivity contribution < 1.29 is 13.2 Å². The van der Waals surface area contributed by atoms with Crippen molar-refractivity contribution in [3.63, 3.8) is 0 Å². The number of aromatic nitrogens is 2. The summed E-state index contributed by atoms with van der Waals surface area (Å²) in [7, 11) is 0. The molecule has 2 aromatic carbocycles. The Morgan fingerprint density at radius 2 is 1.81 bits per heavy atom. The minimum atomic E-state index is -4.78. The summed E-state index contributed by atoms with van der Waals surface area (Å²) in [4.78, 5) is 15.6. The molecule has 0 aliphatic rings. The van der Waals surface area contributed by atoms with E-state index in [1.165, 1.54) is 4.57 Å². The van der Waals surface area contributed by atoms with Crippen LogP contribution in [0.3, 0.4) is 0 Å². The van der Waals surface area contributed by atoms with E-state index in [2.05, 4.69) is 10.3 Å². The number of rotatable bonds is 4. The van der Waals surface area contributed by atoms with Crippen LogP contribution in [-0.4, -0.2) is 9.55 Å². The summed E-state index contributed by atoms with van der Waals surface area (Å²) in [5.41, 5.74) is -0.640. The Morgan fingerprint density at radius 3 is 2.48 bits per heavy atom. The topological polar surface area (TPSA) is 46.9 Å². The number of hydrogen-bond donors (Lipinski definition) is 1. The van der Waals surface area contributed by atoms with Crippen LogP contribution in [0.5, 0.6) is 0 Å². The van der Waals surface area contributed by atoms with Gasteiger partial charge in [-0.2, -0.15) is 18.2 Å². The van der Waals surface area contributed by atoms with Crippen LogP contribution in [-0.2, 0) is 12.7 Å². The van der Waals surface area contributed by atoms with Crippen LogP contribution < -0.4 is 10.9 Å². The van der Waals surface area contributed by atoms with Gasteiger partial charge in [-0.1, -0.05) is 48.0 Å². The van der Waals surface area contributed by atoms with Crippen molar-refractivity contribution in [2.45, 2.75) is 19.6 Å². The Labute approximate surface area is 158 Å². The van der Waals surface area contributed by atoms with E-state index in [4.69, 9.17) is 11.6 Å². The predicted octanol–water partition coefficient (Wildman–Crippen LogP) is 5.02. The molecular weight excluding hydrogens is 379 g/mol. The Balaban J connectivity index is 2.09. The first kappa shape index (κ1) is 19.0. The number of nitrogens with zero attached hydrogens (tertiary/aromatic N) is 2. The Bertz CT molecular complexity index is 1020. The van der Waals surface area contributed by atoms with Gasteiger partial charge < -0.3 is 9.88 Å². The molecule has 0 saturated carbocycles. The minimum absolute atomic E-state index is 0.00206. The van der Waals surface area contributed by atoms with E-state index >= 15 is 0 Å². The van der Waals surface area contributed by atoms with Crippen molar-refractivity contribution in [3.05, 3.63) is 86.8 Å². The highest BCUT2D eigenvalue weighted by Gasteiger charge is 2.35. The summed E-state index contributed by atoms with van der Waals surface area (Å²) in [5, 5.41) is 3.41. The van der Waals surface area contributed by atoms with Gasteiger partial charge in [0.2, 0.25) is 5.95 Å². The molecule has 0 bridgehead atoms. The molecule has 27 heavy (non-hydrogen) atoms. The van der Waals surface area contributed by atoms with Crippen LogP contribution in [0.15, 0.2) is 59.5 Å². The van der Waals surface area contributed by atoms with Crippen LogP contribution in [0, 0.1) is 6.92 Å². The highest BCUT2D eigenvalue weighted by molar-refractivity contribution is 6.31. The fraction of sp³-hybridized carbons (Fsp3) is 0.158. The lowest BCUT2D eigenvalue weighted by molar-refractivity contribution is -0.139. The summed E-state index contributed by atoms with van der Waals surface area (Å²) >= 11 is 6.09. The molecule has 1 aromatic heterocycles. The number of anilines is 2. The second-order valence-electron chi connectivity index (χ2n) is 5.93. The fourth-order valence-corrected chi connectivity index (χ4v) is 2.73. The zero-order valence-electron chi connectivity index (χ0n) is 14.2. The first-order valence-corrected chi connectivity index (χ1v) is 8.38. The fourth-order valence-electron chi connectivity index (χ4n) is 2.55. The minimum Gasteiger partial charge on any atom is -0.325 e. The molecular formula is C19H15ClF3N3O. The molecule has 140 valence electrons. The van der Waals surface area contributed by atoms with Crippen LogP contribution in [0.1, 0.15) is 16.7 Å². The van der Waals surface area contributed by atoms with E-state index in [1.54, 1.807) is 49.4 Å². The SMILES string of the molecule is Cc1c(Cl)cccc1Nc1nc(=O)c(C(F)(F)F)cn1Cc1ccccc1. The average molecular weight is 394 g/mol. The second-order valence-corrected chi connectivity index (χ2v) is 6.34. The molecule has 3 aromatic rings. The molecule has 0 aliphatic carbocycles. The van der Waals surface area contributed by atoms with E-state index < -0.39 is 17.3 Å². The van der Waals surface area contributed by atoms with Crippen molar-refractivity contribution in [1.82, 2.24) is 9.55 Å². The molecule has 8 heteroatoms. The monoisotopic (exact) mass is 393 g/mol. The highest BCUT2D eigenvalue weighted by atomic mass is 35.5. The Morgan fingerprint density at radius 1 is 1.11 bits per heavy atom. The zero-order chi connectivity index (χ0) is 19.6. The number of alkyl halides is 3. The Kier molecular flexibility index (Phi) is 5.23. The van der Waals surface area contributed by atoms with Crippen LogP contribution >= 0.6 is 11.6 Å². The number of nitrogens with one attached hydrogen (secondary N) is 1. The van der Waals surface area contributed by atoms with Gasteiger partial charge in [0.1, 0.15) is 5.56 Å². The number of hydrogen-bond acceptors (Lipinski definition) is 3. The average Bonchev–Trinajstić information content (AvgIpc) is 2.61. The molecule has 0 amide bonds. The van der Waals surface area contributed by atoms with Crippen molar-refractivity contribution in [1.29, 1.82) is 0 Å². The van der Waals surface area contributed by atoms with Gasteiger partial charge in [-0.25, -0.2) is 0 Å². The van der Waals surface area contributed by atoms with E-state index in [1.807, 2.05) is 6.07 Å². The maximum absolute atomic E-state index is 13.2. The summed E-state index contributed by atoms with van der Waals surface area (Å²) in [6.07, 6.45) is -4.00. The molecule has 0 spiro atoms. The van der Waals surface area contributed by atoms with Crippen molar-refractivity contribution >= 4 is 23.2 Å². The van der Waals surface area contributed by atoms with Crippen LogP contribution in [0.4, 0.5) is 24.8 Å². The predicted molar refractivity (Wildman–Crippen MR) is 98.5 cm³/mol. The standard InChI is InChI=1S/C19H15ClF3N3O/c1-12-15(20)8-5-9-16(12)24-18-25-17(27)14(19(21,22)23)11-26(18)10-13-6-3-2-4-7-13/h2-9,11H,10H2,1H3,(H,24,25,27). The molecule has 0 unspecified atom stereocenters. The third-order valence-electron chi connectivity index (χ3n) is 4.01. The quantitative estimate of drug-likeness (QED) is 0.677. The molecule has 0 radical (unpaired) electrons. The van der Waals surface area contributed by atoms with Gasteiger partial charge in [-0.15, -0.1) is 0 Å². The highest BCUT2D eigenvalue weighted by Crippen LogP contribution is 2.29. The lowest BCUT2D eigenvalue weighted by atomic mass is 10.2. The summed E-state index contributed by atoms with van der Waals surface area (Å²) in [6, 6.07) is 14.0. The van der Waals surface area contributed by atoms with Crippen molar-refractivity contribution in [2.75, 3.05) is 5.32 Å². The smallest absolute Gasteiger partial charge is 0.325 e. The zero-order valence-corrected chi connectivity index (χ0v) is 15.0. The summed E-state index contributed by atoms with van der Waals surface area (Å²) in [5.74, 6) is 0.00206. The van der Waals surface area contributed by atoms with Crippen LogP contribution in [0.2, 0.25) is 5.02 Å². The summed E-state index contributed by atoms with van der Waals surface area (Å²) in [6.45, 7) is 1.87. The molecule has 0 aliphatic heterocycles. The lowest BCUT2D eigenvalue weighted by Gasteiger charge is -2.17. The molecule has 0 saturated heterocycles. The van der Waals surface area contributed by atoms with Gasteiger partial charge in [0.15, 0.2) is 0 Å². The van der Waals surface area contributed by atoms with E-state index in [0.717, 1.165) is 11.8 Å². The van der Waals surface area contributed by atoms with Gasteiger partial charge in [-0.05, 0) is 30.2 Å². The number of halogens is 4. The van der Waals surface area contributed by atoms with Gasteiger partial charge >= 0.3 is 6.18 Å². The lowest BCUT2D eigenvalue weighted by Crippen LogP contribution is -2.26. The molecule has 1 heterocycles. The van der Waals surface area contributed by atoms with Crippen molar-refractivity contribution in [3.8, 4) is 0 Å². The van der Waals surface area contributed by atoms with Gasteiger partial charge in [0, 0.05) is 16.9 Å². The van der Waals surface area contributed by atoms with Crippen molar-refractivity contribution in [2.24, 2.45) is 0 Å². The molecule has 0 fully saturated rings. The maximum atomic E-state index is 13.2. The van der Waals surface area contributed by atoms with E-state index in [0.29, 0.717) is 16.3 Å². The van der Waals surface area contributed by atoms with E-state index in [9.17, 15) is 18.0 Å². The molecule has 1 N–H and O–H groups in total. The van der Waals surface area contributed by atoms with Crippen LogP contribution in [0.25, 0.3) is 0 Å². The maximum Gasteiger partial charge on any atom is 0.423 e. The summed E-state index contributed by atoms with van der Waals surface area (Å²) < 4.78 is 40.7. The van der Waals surface area contributed by atoms with Gasteiger partial charge in [-0.3, -0.25) is 4.79 Å². The molecule has 3 rings (SSSR count). The first-order valence-electron chi connectivity index (χ1n) is 8.00. The Hall–Kier alpha value is -2.80. The van der Waals surface area contributed by atoms with Gasteiger partial charge in [0.25, 0.3) is 5.56 Å². The first-order chi connectivity index (χ1) is 12.8. The largest absolute Gasteiger partial charge is 0.423 e. The van der Waals surface area contributed by atoms with Gasteiger partial charge in [0.05, 0.1) is 6.54 Å². The molecule has 0 atom stereocenters. The third-order valence-corrected chi connectivity index (χ3v) is 4.42.